The quantitative estimate of drug-likeness (QED) is 0.273. The summed E-state index contributed by atoms with van der Waals surface area (Å²) in [5.41, 5.74) is 2.42. The van der Waals surface area contributed by atoms with E-state index < -0.39 is 29.1 Å². The van der Waals surface area contributed by atoms with Gasteiger partial charge in [-0.1, -0.05) is 43.2 Å². The number of methoxy groups -OCH3 is 1. The number of nitrogens with one attached hydrogen (secondary N) is 2. The fourth-order valence-corrected chi connectivity index (χ4v) is 4.00. The van der Waals surface area contributed by atoms with E-state index in [2.05, 4.69) is 10.6 Å². The van der Waals surface area contributed by atoms with Crippen molar-refractivity contribution < 1.29 is 28.7 Å². The van der Waals surface area contributed by atoms with Crippen LogP contribution in [0.4, 0.5) is 10.5 Å². The molecule has 1 aliphatic rings. The molecule has 0 spiro atoms. The molecule has 1 unspecified atom stereocenters. The lowest BCUT2D eigenvalue weighted by Gasteiger charge is -2.30. The molecule has 36 heavy (non-hydrogen) atoms. The standard InChI is InChI=1S/C26H31N3O7/c1-6-8-19-22(25(30)36-15(2)3)23(28-26(31)27-19)18-12-20(29(32)33)24(21(13-18)34-5)35-14-17-10-7-9-16(4)11-17/h7,9-13,15,23H,6,8,14H2,1-5H3,(H2,27,28,31). The van der Waals surface area contributed by atoms with Crippen LogP contribution in [0.1, 0.15) is 56.3 Å². The molecule has 1 aliphatic heterocycles. The predicted molar refractivity (Wildman–Crippen MR) is 133 cm³/mol. The van der Waals surface area contributed by atoms with E-state index in [1.54, 1.807) is 13.8 Å². The summed E-state index contributed by atoms with van der Waals surface area (Å²) < 4.78 is 16.7. The first-order valence-electron chi connectivity index (χ1n) is 11.7. The summed E-state index contributed by atoms with van der Waals surface area (Å²) in [5.74, 6) is -0.558. The first kappa shape index (κ1) is 26.5. The van der Waals surface area contributed by atoms with Gasteiger partial charge in [-0.05, 0) is 44.4 Å². The van der Waals surface area contributed by atoms with Crippen LogP contribution in [0.5, 0.6) is 11.5 Å². The van der Waals surface area contributed by atoms with Crippen LogP contribution in [0.25, 0.3) is 0 Å². The fourth-order valence-electron chi connectivity index (χ4n) is 4.00. The lowest BCUT2D eigenvalue weighted by Crippen LogP contribution is -2.46. The number of carbonyl (C=O) groups is 2. The largest absolute Gasteiger partial charge is 0.493 e. The van der Waals surface area contributed by atoms with Crippen molar-refractivity contribution in [1.82, 2.24) is 10.6 Å². The van der Waals surface area contributed by atoms with Crippen LogP contribution in [0.2, 0.25) is 0 Å². The highest BCUT2D eigenvalue weighted by molar-refractivity contribution is 5.95. The van der Waals surface area contributed by atoms with Gasteiger partial charge >= 0.3 is 17.7 Å². The summed E-state index contributed by atoms with van der Waals surface area (Å²) in [6.07, 6.45) is 0.687. The second-order valence-electron chi connectivity index (χ2n) is 8.73. The van der Waals surface area contributed by atoms with Crippen LogP contribution in [0.3, 0.4) is 0 Å². The maximum atomic E-state index is 13.1. The van der Waals surface area contributed by atoms with Crippen LogP contribution in [-0.2, 0) is 16.1 Å². The zero-order valence-electron chi connectivity index (χ0n) is 21.0. The molecule has 2 aromatic rings. The van der Waals surface area contributed by atoms with Crippen LogP contribution in [0.15, 0.2) is 47.7 Å². The Bertz CT molecular complexity index is 1190. The van der Waals surface area contributed by atoms with Gasteiger partial charge in [0.2, 0.25) is 5.75 Å². The Hall–Kier alpha value is -4.08. The molecular weight excluding hydrogens is 466 g/mol. The van der Waals surface area contributed by atoms with Gasteiger partial charge in [0.15, 0.2) is 5.75 Å². The van der Waals surface area contributed by atoms with Gasteiger partial charge in [-0.3, -0.25) is 10.1 Å². The van der Waals surface area contributed by atoms with Gasteiger partial charge in [0, 0.05) is 11.8 Å². The van der Waals surface area contributed by atoms with Gasteiger partial charge in [-0.25, -0.2) is 9.59 Å². The van der Waals surface area contributed by atoms with Gasteiger partial charge < -0.3 is 24.8 Å². The maximum absolute atomic E-state index is 13.1. The second kappa shape index (κ2) is 11.6. The predicted octanol–water partition coefficient (Wildman–Crippen LogP) is 4.85. The van der Waals surface area contributed by atoms with E-state index in [1.165, 1.54) is 19.2 Å². The molecule has 3 rings (SSSR count). The zero-order valence-corrected chi connectivity index (χ0v) is 21.0. The van der Waals surface area contributed by atoms with E-state index >= 15 is 0 Å². The molecule has 10 nitrogen and oxygen atoms in total. The van der Waals surface area contributed by atoms with Crippen molar-refractivity contribution in [3.8, 4) is 11.5 Å². The van der Waals surface area contributed by atoms with Crippen molar-refractivity contribution in [2.45, 2.75) is 59.3 Å². The minimum atomic E-state index is -0.982. The number of benzene rings is 2. The number of amides is 2. The number of nitro benzene ring substituents is 1. The Kier molecular flexibility index (Phi) is 8.52. The third-order valence-electron chi connectivity index (χ3n) is 5.49. The minimum Gasteiger partial charge on any atom is -0.493 e. The normalized spacial score (nSPS) is 15.3. The molecule has 2 aromatic carbocycles. The van der Waals surface area contributed by atoms with Crippen molar-refractivity contribution in [2.24, 2.45) is 0 Å². The Morgan fingerprint density at radius 3 is 2.58 bits per heavy atom. The van der Waals surface area contributed by atoms with Crippen molar-refractivity contribution in [1.29, 1.82) is 0 Å². The molecule has 0 bridgehead atoms. The summed E-state index contributed by atoms with van der Waals surface area (Å²) in [4.78, 5) is 37.0. The number of aryl methyl sites for hydroxylation is 1. The Balaban J connectivity index is 2.09. The monoisotopic (exact) mass is 497 g/mol. The van der Waals surface area contributed by atoms with Gasteiger partial charge in [-0.2, -0.15) is 0 Å². The summed E-state index contributed by atoms with van der Waals surface area (Å²) in [6.45, 7) is 7.38. The third-order valence-corrected chi connectivity index (χ3v) is 5.49. The fraction of sp³-hybridized carbons (Fsp3) is 0.385. The van der Waals surface area contributed by atoms with Crippen LogP contribution in [0, 0.1) is 17.0 Å². The molecule has 0 saturated heterocycles. The van der Waals surface area contributed by atoms with Crippen molar-refractivity contribution in [3.63, 3.8) is 0 Å². The van der Waals surface area contributed by atoms with Gasteiger partial charge in [0.25, 0.3) is 0 Å². The van der Waals surface area contributed by atoms with E-state index in [1.807, 2.05) is 38.1 Å². The molecule has 0 aromatic heterocycles. The number of carbonyl (C=O) groups excluding carboxylic acids is 2. The number of esters is 1. The Labute approximate surface area is 209 Å². The molecule has 10 heteroatoms. The number of allylic oxidation sites excluding steroid dienone is 1. The molecule has 0 aliphatic carbocycles. The van der Waals surface area contributed by atoms with E-state index in [4.69, 9.17) is 14.2 Å². The number of hydrogen-bond donors (Lipinski definition) is 2. The average Bonchev–Trinajstić information content (AvgIpc) is 2.81. The van der Waals surface area contributed by atoms with Gasteiger partial charge in [0.1, 0.15) is 6.61 Å². The Morgan fingerprint density at radius 2 is 1.97 bits per heavy atom. The van der Waals surface area contributed by atoms with Crippen LogP contribution < -0.4 is 20.1 Å². The molecule has 1 atom stereocenters. The van der Waals surface area contributed by atoms with Gasteiger partial charge in [-0.15, -0.1) is 0 Å². The van der Waals surface area contributed by atoms with E-state index in [9.17, 15) is 19.7 Å². The van der Waals surface area contributed by atoms with E-state index in [0.29, 0.717) is 24.1 Å². The number of hydrogen-bond acceptors (Lipinski definition) is 7. The molecular formula is C26H31N3O7. The lowest BCUT2D eigenvalue weighted by atomic mass is 9.93. The van der Waals surface area contributed by atoms with Crippen molar-refractivity contribution in [2.75, 3.05) is 7.11 Å². The van der Waals surface area contributed by atoms with E-state index in [0.717, 1.165) is 11.1 Å². The second-order valence-corrected chi connectivity index (χ2v) is 8.73. The van der Waals surface area contributed by atoms with Crippen molar-refractivity contribution >= 4 is 17.7 Å². The average molecular weight is 498 g/mol. The molecule has 2 N–H and O–H groups in total. The maximum Gasteiger partial charge on any atom is 0.338 e. The molecule has 192 valence electrons. The van der Waals surface area contributed by atoms with Crippen molar-refractivity contribution in [3.05, 3.63) is 74.5 Å². The number of nitrogens with zero attached hydrogens (tertiary/aromatic N) is 1. The molecule has 0 fully saturated rings. The number of rotatable bonds is 10. The molecule has 1 heterocycles. The molecule has 0 saturated carbocycles. The van der Waals surface area contributed by atoms with E-state index in [-0.39, 0.29) is 29.4 Å². The van der Waals surface area contributed by atoms with Gasteiger partial charge in [0.05, 0.1) is 29.8 Å². The topological polar surface area (TPSA) is 129 Å². The summed E-state index contributed by atoms with van der Waals surface area (Å²) in [7, 11) is 1.37. The number of nitro groups is 1. The molecule has 0 radical (unpaired) electrons. The SMILES string of the molecule is CCCC1=C(C(=O)OC(C)C)C(c2cc(OC)c(OCc3cccc(C)c3)c([N+](=O)[O-])c2)NC(=O)N1. The first-order valence-corrected chi connectivity index (χ1v) is 11.7. The highest BCUT2D eigenvalue weighted by Crippen LogP contribution is 2.42. The third kappa shape index (κ3) is 6.12. The zero-order chi connectivity index (χ0) is 26.4. The lowest BCUT2D eigenvalue weighted by molar-refractivity contribution is -0.386. The summed E-state index contributed by atoms with van der Waals surface area (Å²) in [5, 5.41) is 17.4. The number of urea groups is 1. The van der Waals surface area contributed by atoms with Crippen LogP contribution in [-0.4, -0.2) is 30.1 Å². The van der Waals surface area contributed by atoms with Crippen LogP contribution >= 0.6 is 0 Å². The minimum absolute atomic E-state index is 0.0444. The highest BCUT2D eigenvalue weighted by Gasteiger charge is 2.36. The highest BCUT2D eigenvalue weighted by atomic mass is 16.6. The summed E-state index contributed by atoms with van der Waals surface area (Å²) in [6, 6.07) is 8.91. The molecule has 2 amide bonds. The smallest absolute Gasteiger partial charge is 0.338 e. The number of ether oxygens (including phenoxy) is 3. The first-order chi connectivity index (χ1) is 17.1. The summed E-state index contributed by atoms with van der Waals surface area (Å²) >= 11 is 0. The Morgan fingerprint density at radius 1 is 1.22 bits per heavy atom.